The molecule has 0 saturated heterocycles. The van der Waals surface area contributed by atoms with Crippen molar-refractivity contribution < 1.29 is 5.11 Å². The number of rotatable bonds is 2. The molecule has 4 nitrogen and oxygen atoms in total. The number of nitrogens with zero attached hydrogens (tertiary/aromatic N) is 2. The Hall–Kier alpha value is -1.88. The number of nitrogens with one attached hydrogen (secondary N) is 1. The van der Waals surface area contributed by atoms with E-state index in [9.17, 15) is 5.11 Å². The highest BCUT2D eigenvalue weighted by Gasteiger charge is 2.63. The Morgan fingerprint density at radius 2 is 2.04 bits per heavy atom. The zero-order valence-corrected chi connectivity index (χ0v) is 16.4. The fourth-order valence-corrected chi connectivity index (χ4v) is 6.74. The van der Waals surface area contributed by atoms with Gasteiger partial charge in [0.2, 0.25) is 0 Å². The molecule has 2 aliphatic carbocycles. The molecule has 0 spiro atoms. The van der Waals surface area contributed by atoms with Crippen molar-refractivity contribution in [1.82, 2.24) is 9.88 Å². The number of para-hydroxylation sites is 1. The summed E-state index contributed by atoms with van der Waals surface area (Å²) in [5.41, 5.74) is 2.07. The summed E-state index contributed by atoms with van der Waals surface area (Å²) in [6.07, 6.45) is 3.65. The van der Waals surface area contributed by atoms with Gasteiger partial charge < -0.3 is 10.0 Å². The average Bonchev–Trinajstić information content (AvgIpc) is 3.25. The van der Waals surface area contributed by atoms with Gasteiger partial charge in [-0.3, -0.25) is 5.41 Å². The minimum atomic E-state index is 0.202. The van der Waals surface area contributed by atoms with Crippen molar-refractivity contribution in [2.24, 2.45) is 16.7 Å². The van der Waals surface area contributed by atoms with Gasteiger partial charge in [0, 0.05) is 6.04 Å². The Morgan fingerprint density at radius 3 is 2.69 bits per heavy atom. The summed E-state index contributed by atoms with van der Waals surface area (Å²) in [4.78, 5) is 6.83. The van der Waals surface area contributed by atoms with Gasteiger partial charge in [-0.2, -0.15) is 0 Å². The number of fused-ring (bicyclic) bond motifs is 3. The molecule has 1 aromatic heterocycles. The van der Waals surface area contributed by atoms with E-state index in [1.165, 1.54) is 12.8 Å². The maximum absolute atomic E-state index is 10.7. The van der Waals surface area contributed by atoms with Crippen molar-refractivity contribution in [1.29, 1.82) is 5.41 Å². The minimum absolute atomic E-state index is 0.202. The zero-order valence-electron chi connectivity index (χ0n) is 15.5. The second-order valence-electron chi connectivity index (χ2n) is 8.91. The fraction of sp³-hybridized carbons (Fsp3) is 0.524. The van der Waals surface area contributed by atoms with Crippen molar-refractivity contribution >= 4 is 33.0 Å². The first-order chi connectivity index (χ1) is 12.3. The van der Waals surface area contributed by atoms with Crippen LogP contribution in [0.2, 0.25) is 0 Å². The van der Waals surface area contributed by atoms with Gasteiger partial charge in [-0.15, -0.1) is 11.3 Å². The molecule has 5 heteroatoms. The van der Waals surface area contributed by atoms with Crippen molar-refractivity contribution in [3.8, 4) is 0 Å². The van der Waals surface area contributed by atoms with E-state index < -0.39 is 0 Å². The number of aliphatic hydroxyl groups is 1. The van der Waals surface area contributed by atoms with Gasteiger partial charge in [-0.05, 0) is 48.1 Å². The largest absolute Gasteiger partial charge is 0.510 e. The van der Waals surface area contributed by atoms with Crippen LogP contribution in [0.3, 0.4) is 0 Å². The molecule has 136 valence electrons. The first kappa shape index (κ1) is 16.3. The van der Waals surface area contributed by atoms with Gasteiger partial charge in [0.1, 0.15) is 16.6 Å². The van der Waals surface area contributed by atoms with E-state index >= 15 is 0 Å². The fourth-order valence-electron chi connectivity index (χ4n) is 5.70. The quantitative estimate of drug-likeness (QED) is 0.779. The SMILES string of the molecule is CC1(C)[C@H]2CC[C@]1(C)[C@H](N1CC(O)=C(c3nc4ccccc4s3)C1=N)C2. The van der Waals surface area contributed by atoms with Crippen LogP contribution in [0.1, 0.15) is 45.0 Å². The smallest absolute Gasteiger partial charge is 0.135 e. The van der Waals surface area contributed by atoms with E-state index in [1.807, 2.05) is 24.3 Å². The molecule has 2 saturated carbocycles. The Kier molecular flexibility index (Phi) is 3.20. The lowest BCUT2D eigenvalue weighted by Gasteiger charge is -2.44. The Morgan fingerprint density at radius 1 is 1.27 bits per heavy atom. The molecule has 3 aliphatic rings. The van der Waals surface area contributed by atoms with Gasteiger partial charge in [0.15, 0.2) is 0 Å². The number of aromatic nitrogens is 1. The molecule has 0 unspecified atom stereocenters. The summed E-state index contributed by atoms with van der Waals surface area (Å²) in [5, 5.41) is 20.3. The Balaban J connectivity index is 1.50. The lowest BCUT2D eigenvalue weighted by atomic mass is 9.69. The number of hydrogen-bond donors (Lipinski definition) is 2. The summed E-state index contributed by atoms with van der Waals surface area (Å²) < 4.78 is 1.10. The third-order valence-corrected chi connectivity index (χ3v) is 8.82. The van der Waals surface area contributed by atoms with E-state index in [4.69, 9.17) is 5.41 Å². The van der Waals surface area contributed by atoms with Gasteiger partial charge in [-0.1, -0.05) is 32.9 Å². The van der Waals surface area contributed by atoms with Gasteiger partial charge in [0.25, 0.3) is 0 Å². The Bertz CT molecular complexity index is 926. The van der Waals surface area contributed by atoms with E-state index in [0.717, 1.165) is 27.6 Å². The topological polar surface area (TPSA) is 60.2 Å². The van der Waals surface area contributed by atoms with Gasteiger partial charge >= 0.3 is 0 Å². The lowest BCUT2D eigenvalue weighted by molar-refractivity contribution is 0.0817. The molecule has 2 bridgehead atoms. The number of amidine groups is 1. The molecule has 2 N–H and O–H groups in total. The summed E-state index contributed by atoms with van der Waals surface area (Å²) in [5.74, 6) is 1.48. The van der Waals surface area contributed by atoms with Gasteiger partial charge in [-0.25, -0.2) is 4.98 Å². The molecule has 1 aliphatic heterocycles. The van der Waals surface area contributed by atoms with Crippen molar-refractivity contribution in [2.75, 3.05) is 6.54 Å². The molecular weight excluding hydrogens is 342 g/mol. The molecule has 0 amide bonds. The lowest BCUT2D eigenvalue weighted by Crippen LogP contribution is -2.48. The van der Waals surface area contributed by atoms with E-state index in [1.54, 1.807) is 11.3 Å². The monoisotopic (exact) mass is 367 g/mol. The van der Waals surface area contributed by atoms with E-state index in [2.05, 4.69) is 30.7 Å². The van der Waals surface area contributed by atoms with Crippen LogP contribution in [-0.2, 0) is 0 Å². The van der Waals surface area contributed by atoms with E-state index in [0.29, 0.717) is 35.2 Å². The third-order valence-electron chi connectivity index (χ3n) is 7.76. The molecule has 1 aromatic carbocycles. The predicted octanol–water partition coefficient (Wildman–Crippen LogP) is 5.07. The summed E-state index contributed by atoms with van der Waals surface area (Å²) in [7, 11) is 0. The normalized spacial score (nSPS) is 33.0. The first-order valence-corrected chi connectivity index (χ1v) is 10.3. The van der Waals surface area contributed by atoms with Crippen LogP contribution >= 0.6 is 11.3 Å². The average molecular weight is 368 g/mol. The maximum atomic E-state index is 10.7. The molecule has 2 heterocycles. The van der Waals surface area contributed by atoms with Crippen LogP contribution in [-0.4, -0.2) is 33.4 Å². The van der Waals surface area contributed by atoms with Crippen LogP contribution in [0.25, 0.3) is 15.8 Å². The molecule has 0 radical (unpaired) electrons. The second-order valence-corrected chi connectivity index (χ2v) is 9.94. The van der Waals surface area contributed by atoms with E-state index in [-0.39, 0.29) is 5.41 Å². The van der Waals surface area contributed by atoms with Crippen molar-refractivity contribution in [3.63, 3.8) is 0 Å². The Labute approximate surface area is 158 Å². The van der Waals surface area contributed by atoms with Crippen LogP contribution in [0.15, 0.2) is 30.0 Å². The highest BCUT2D eigenvalue weighted by Crippen LogP contribution is 2.67. The summed E-state index contributed by atoms with van der Waals surface area (Å²) in [6.45, 7) is 7.63. The highest BCUT2D eigenvalue weighted by atomic mass is 32.1. The van der Waals surface area contributed by atoms with Crippen LogP contribution in [0.5, 0.6) is 0 Å². The number of hydrogen-bond acceptors (Lipinski definition) is 4. The first-order valence-electron chi connectivity index (χ1n) is 9.46. The summed E-state index contributed by atoms with van der Waals surface area (Å²) >= 11 is 1.56. The molecule has 2 fully saturated rings. The maximum Gasteiger partial charge on any atom is 0.135 e. The number of aliphatic hydroxyl groups excluding tert-OH is 1. The second kappa shape index (κ2) is 5.10. The summed E-state index contributed by atoms with van der Waals surface area (Å²) in [6, 6.07) is 8.35. The molecule has 5 rings (SSSR count). The predicted molar refractivity (Wildman–Crippen MR) is 107 cm³/mol. The van der Waals surface area contributed by atoms with Crippen molar-refractivity contribution in [2.45, 2.75) is 46.1 Å². The minimum Gasteiger partial charge on any atom is -0.510 e. The number of benzene rings is 1. The van der Waals surface area contributed by atoms with Crippen molar-refractivity contribution in [3.05, 3.63) is 35.0 Å². The molecule has 2 aromatic rings. The molecular formula is C21H25N3OS. The number of thiazole rings is 1. The van der Waals surface area contributed by atoms with Crippen LogP contribution < -0.4 is 0 Å². The highest BCUT2D eigenvalue weighted by molar-refractivity contribution is 7.19. The zero-order chi connectivity index (χ0) is 18.3. The third kappa shape index (κ3) is 1.90. The van der Waals surface area contributed by atoms with Crippen LogP contribution in [0, 0.1) is 22.2 Å². The standard InChI is InChI=1S/C21H25N3OS/c1-20(2)12-8-9-21(20,3)16(10-12)24-11-14(25)17(18(24)22)19-23-13-6-4-5-7-15(13)26-19/h4-7,12,16,22,25H,8-11H2,1-3H3/t12-,16+,21+/m0/s1. The van der Waals surface area contributed by atoms with Crippen LogP contribution in [0.4, 0.5) is 0 Å². The molecule has 26 heavy (non-hydrogen) atoms. The molecule has 3 atom stereocenters. The van der Waals surface area contributed by atoms with Gasteiger partial charge in [0.05, 0.1) is 22.3 Å².